The molecule has 0 saturated carbocycles. The Morgan fingerprint density at radius 3 is 2.16 bits per heavy atom. The lowest BCUT2D eigenvalue weighted by molar-refractivity contribution is -0.112. The molecule has 2 aromatic rings. The predicted octanol–water partition coefficient (Wildman–Crippen LogP) is 6.34. The highest BCUT2D eigenvalue weighted by atomic mass is 16.5. The second-order valence-corrected chi connectivity index (χ2v) is 10.0. The van der Waals surface area contributed by atoms with Crippen molar-refractivity contribution in [1.29, 1.82) is 0 Å². The zero-order valence-corrected chi connectivity index (χ0v) is 20.5. The Morgan fingerprint density at radius 1 is 0.969 bits per heavy atom. The molecule has 0 fully saturated rings. The summed E-state index contributed by atoms with van der Waals surface area (Å²) in [5.74, 6) is -0.134. The number of methoxy groups -OCH3 is 1. The van der Waals surface area contributed by atoms with E-state index in [0.717, 1.165) is 17.5 Å². The molecule has 1 amide bonds. The first-order valence-electron chi connectivity index (χ1n) is 10.8. The van der Waals surface area contributed by atoms with Crippen LogP contribution in [0.5, 0.6) is 5.75 Å². The van der Waals surface area contributed by atoms with Crippen LogP contribution in [0.1, 0.15) is 68.1 Å². The van der Waals surface area contributed by atoms with E-state index in [1.54, 1.807) is 6.07 Å². The van der Waals surface area contributed by atoms with Gasteiger partial charge in [0, 0.05) is 11.8 Å². The van der Waals surface area contributed by atoms with Crippen molar-refractivity contribution >= 4 is 17.6 Å². The van der Waals surface area contributed by atoms with Crippen molar-refractivity contribution in [3.05, 3.63) is 71.0 Å². The first kappa shape index (κ1) is 25.2. The fourth-order valence-corrected chi connectivity index (χ4v) is 4.08. The molecule has 0 atom stereocenters. The number of carbonyl (C=O) groups is 2. The van der Waals surface area contributed by atoms with Crippen LogP contribution in [0.3, 0.4) is 0 Å². The maximum atomic E-state index is 12.3. The van der Waals surface area contributed by atoms with Crippen LogP contribution in [0, 0.1) is 19.3 Å². The summed E-state index contributed by atoms with van der Waals surface area (Å²) in [6, 6.07) is 11.4. The number of anilines is 1. The van der Waals surface area contributed by atoms with Gasteiger partial charge in [-0.2, -0.15) is 0 Å². The third kappa shape index (κ3) is 6.98. The lowest BCUT2D eigenvalue weighted by atomic mass is 9.72. The second-order valence-electron chi connectivity index (χ2n) is 10.0. The standard InChI is InChI=1S/C27H35NO4/c1-18-15-19(2)23(16-22(18)25(30)31-8)28-24(29)13-14-32-21-11-9-20(10-12-21)27(6,7)17-26(3,4)5/h9-16H,17H2,1-8H3,(H,28,29)/b14-13+. The van der Waals surface area contributed by atoms with Gasteiger partial charge in [0.25, 0.3) is 5.91 Å². The van der Waals surface area contributed by atoms with E-state index in [1.807, 2.05) is 32.0 Å². The van der Waals surface area contributed by atoms with Gasteiger partial charge in [0.2, 0.25) is 0 Å². The summed E-state index contributed by atoms with van der Waals surface area (Å²) in [6.07, 6.45) is 3.74. The van der Waals surface area contributed by atoms with Gasteiger partial charge in [-0.3, -0.25) is 4.79 Å². The van der Waals surface area contributed by atoms with Gasteiger partial charge < -0.3 is 14.8 Å². The van der Waals surface area contributed by atoms with Crippen LogP contribution in [-0.4, -0.2) is 19.0 Å². The highest BCUT2D eigenvalue weighted by molar-refractivity contribution is 6.01. The maximum absolute atomic E-state index is 12.3. The lowest BCUT2D eigenvalue weighted by Crippen LogP contribution is -2.24. The van der Waals surface area contributed by atoms with Crippen LogP contribution in [0.4, 0.5) is 5.69 Å². The highest BCUT2D eigenvalue weighted by Crippen LogP contribution is 2.36. The summed E-state index contributed by atoms with van der Waals surface area (Å²) in [4.78, 5) is 24.2. The van der Waals surface area contributed by atoms with E-state index >= 15 is 0 Å². The van der Waals surface area contributed by atoms with Crippen LogP contribution >= 0.6 is 0 Å². The largest absolute Gasteiger partial charge is 0.465 e. The molecule has 0 aliphatic carbocycles. The van der Waals surface area contributed by atoms with E-state index in [-0.39, 0.29) is 16.7 Å². The smallest absolute Gasteiger partial charge is 0.338 e. The Kier molecular flexibility index (Phi) is 7.89. The molecule has 32 heavy (non-hydrogen) atoms. The highest BCUT2D eigenvalue weighted by Gasteiger charge is 2.27. The van der Waals surface area contributed by atoms with Crippen LogP contribution in [0.15, 0.2) is 48.7 Å². The topological polar surface area (TPSA) is 64.6 Å². The number of ether oxygens (including phenoxy) is 2. The van der Waals surface area contributed by atoms with Crippen molar-refractivity contribution in [2.75, 3.05) is 12.4 Å². The van der Waals surface area contributed by atoms with Gasteiger partial charge in [-0.05, 0) is 66.0 Å². The van der Waals surface area contributed by atoms with Crippen LogP contribution in [-0.2, 0) is 14.9 Å². The molecule has 0 unspecified atom stereocenters. The minimum absolute atomic E-state index is 0.0570. The van der Waals surface area contributed by atoms with Crippen LogP contribution in [0.25, 0.3) is 0 Å². The van der Waals surface area contributed by atoms with Gasteiger partial charge in [-0.15, -0.1) is 0 Å². The number of rotatable bonds is 7. The number of nitrogens with one attached hydrogen (secondary N) is 1. The average Bonchev–Trinajstić information content (AvgIpc) is 2.68. The minimum Gasteiger partial charge on any atom is -0.465 e. The third-order valence-corrected chi connectivity index (χ3v) is 5.27. The molecule has 0 saturated heterocycles. The number of hydrogen-bond donors (Lipinski definition) is 1. The zero-order valence-electron chi connectivity index (χ0n) is 20.5. The van der Waals surface area contributed by atoms with Gasteiger partial charge in [0.1, 0.15) is 5.75 Å². The monoisotopic (exact) mass is 437 g/mol. The average molecular weight is 438 g/mol. The molecule has 0 aliphatic rings. The van der Waals surface area contributed by atoms with Gasteiger partial charge >= 0.3 is 5.97 Å². The molecule has 5 nitrogen and oxygen atoms in total. The van der Waals surface area contributed by atoms with E-state index in [4.69, 9.17) is 9.47 Å². The molecule has 0 aromatic heterocycles. The number of amides is 1. The molecule has 0 bridgehead atoms. The van der Waals surface area contributed by atoms with Gasteiger partial charge in [-0.25, -0.2) is 4.79 Å². The summed E-state index contributed by atoms with van der Waals surface area (Å²) in [7, 11) is 1.33. The number of hydrogen-bond acceptors (Lipinski definition) is 4. The Labute approximate surface area is 191 Å². The van der Waals surface area contributed by atoms with Gasteiger partial charge in [-0.1, -0.05) is 52.8 Å². The van der Waals surface area contributed by atoms with E-state index in [1.165, 1.54) is 25.0 Å². The van der Waals surface area contributed by atoms with Crippen molar-refractivity contribution in [2.45, 2.75) is 60.3 Å². The Hall–Kier alpha value is -3.08. The zero-order chi connectivity index (χ0) is 24.1. The summed E-state index contributed by atoms with van der Waals surface area (Å²) in [6.45, 7) is 14.9. The Morgan fingerprint density at radius 2 is 1.59 bits per heavy atom. The quantitative estimate of drug-likeness (QED) is 0.312. The number of esters is 1. The molecule has 1 N–H and O–H groups in total. The first-order valence-corrected chi connectivity index (χ1v) is 10.8. The molecule has 5 heteroatoms. The second kappa shape index (κ2) is 10.0. The van der Waals surface area contributed by atoms with Crippen molar-refractivity contribution < 1.29 is 19.1 Å². The van der Waals surface area contributed by atoms with E-state index in [0.29, 0.717) is 17.0 Å². The van der Waals surface area contributed by atoms with E-state index in [2.05, 4.69) is 52.1 Å². The number of carbonyl (C=O) groups excluding carboxylic acids is 2. The molecule has 0 heterocycles. The maximum Gasteiger partial charge on any atom is 0.338 e. The van der Waals surface area contributed by atoms with Gasteiger partial charge in [0.05, 0.1) is 18.9 Å². The van der Waals surface area contributed by atoms with Crippen LogP contribution in [0.2, 0.25) is 0 Å². The summed E-state index contributed by atoms with van der Waals surface area (Å²) >= 11 is 0. The van der Waals surface area contributed by atoms with Crippen molar-refractivity contribution in [1.82, 2.24) is 0 Å². The third-order valence-electron chi connectivity index (χ3n) is 5.27. The normalized spacial score (nSPS) is 12.0. The molecule has 172 valence electrons. The van der Waals surface area contributed by atoms with E-state index in [9.17, 15) is 9.59 Å². The molecular formula is C27H35NO4. The lowest BCUT2D eigenvalue weighted by Gasteiger charge is -2.33. The van der Waals surface area contributed by atoms with Crippen LogP contribution < -0.4 is 10.1 Å². The summed E-state index contributed by atoms with van der Waals surface area (Å²) in [5.41, 5.74) is 4.16. The Bertz CT molecular complexity index is 996. The van der Waals surface area contributed by atoms with Crippen molar-refractivity contribution in [3.8, 4) is 5.75 Å². The number of benzene rings is 2. The fraction of sp³-hybridized carbons (Fsp3) is 0.407. The van der Waals surface area contributed by atoms with Crippen molar-refractivity contribution in [2.24, 2.45) is 5.41 Å². The minimum atomic E-state index is -0.439. The molecule has 2 rings (SSSR count). The fourth-order valence-electron chi connectivity index (χ4n) is 4.08. The van der Waals surface area contributed by atoms with E-state index < -0.39 is 5.97 Å². The summed E-state index contributed by atoms with van der Waals surface area (Å²) in [5, 5.41) is 2.78. The van der Waals surface area contributed by atoms with Gasteiger partial charge in [0.15, 0.2) is 0 Å². The molecular weight excluding hydrogens is 402 g/mol. The summed E-state index contributed by atoms with van der Waals surface area (Å²) < 4.78 is 10.4. The molecule has 0 aliphatic heterocycles. The molecule has 0 spiro atoms. The van der Waals surface area contributed by atoms with Crippen molar-refractivity contribution in [3.63, 3.8) is 0 Å². The molecule has 2 aromatic carbocycles. The Balaban J connectivity index is 2.02. The first-order chi connectivity index (χ1) is 14.8. The number of aryl methyl sites for hydroxylation is 2. The SMILES string of the molecule is COC(=O)c1cc(NC(=O)/C=C/Oc2ccc(C(C)(C)CC(C)(C)C)cc2)c(C)cc1C. The molecule has 0 radical (unpaired) electrons. The predicted molar refractivity (Wildman–Crippen MR) is 129 cm³/mol.